The topological polar surface area (TPSA) is 35.0 Å². The minimum absolute atomic E-state index is 0.789. The van der Waals surface area contributed by atoms with Crippen molar-refractivity contribution in [3.05, 3.63) is 36.5 Å². The molecule has 94 valence electrons. The molecule has 0 spiro atoms. The SMILES string of the molecule is COc1ccc(-c2nccc([Si](C)(C)C)n2)cc1. The van der Waals surface area contributed by atoms with E-state index in [1.54, 1.807) is 7.11 Å². The van der Waals surface area contributed by atoms with Crippen molar-refractivity contribution in [2.24, 2.45) is 0 Å². The number of methoxy groups -OCH3 is 1. The van der Waals surface area contributed by atoms with Gasteiger partial charge in [-0.25, -0.2) is 9.97 Å². The van der Waals surface area contributed by atoms with E-state index in [9.17, 15) is 0 Å². The van der Waals surface area contributed by atoms with Crippen LogP contribution in [0.3, 0.4) is 0 Å². The first-order valence-corrected chi connectivity index (χ1v) is 9.48. The first-order valence-electron chi connectivity index (χ1n) is 5.98. The Balaban J connectivity index is 2.38. The van der Waals surface area contributed by atoms with Crippen LogP contribution in [0.2, 0.25) is 19.6 Å². The van der Waals surface area contributed by atoms with E-state index in [2.05, 4.69) is 29.6 Å². The van der Waals surface area contributed by atoms with Crippen molar-refractivity contribution >= 4 is 13.4 Å². The summed E-state index contributed by atoms with van der Waals surface area (Å²) in [6.07, 6.45) is 1.85. The number of rotatable bonds is 3. The Hall–Kier alpha value is -1.68. The first kappa shape index (κ1) is 12.8. The quantitative estimate of drug-likeness (QED) is 0.794. The molecule has 2 aromatic rings. The summed E-state index contributed by atoms with van der Waals surface area (Å²) in [5.74, 6) is 1.64. The van der Waals surface area contributed by atoms with Crippen molar-refractivity contribution in [1.29, 1.82) is 0 Å². The molecule has 1 heterocycles. The van der Waals surface area contributed by atoms with E-state index in [0.717, 1.165) is 17.1 Å². The second-order valence-electron chi connectivity index (χ2n) is 5.24. The second kappa shape index (κ2) is 4.90. The van der Waals surface area contributed by atoms with Gasteiger partial charge >= 0.3 is 0 Å². The molecule has 0 aliphatic heterocycles. The molecule has 4 heteroatoms. The van der Waals surface area contributed by atoms with Gasteiger partial charge in [0.2, 0.25) is 0 Å². The van der Waals surface area contributed by atoms with E-state index >= 15 is 0 Å². The maximum Gasteiger partial charge on any atom is 0.158 e. The molecule has 1 aromatic heterocycles. The normalized spacial score (nSPS) is 11.3. The van der Waals surface area contributed by atoms with Gasteiger partial charge in [0.05, 0.1) is 7.11 Å². The molecular formula is C14H18N2OSi. The van der Waals surface area contributed by atoms with Crippen LogP contribution >= 0.6 is 0 Å². The summed E-state index contributed by atoms with van der Waals surface area (Å²) < 4.78 is 5.15. The maximum atomic E-state index is 5.15. The number of nitrogens with zero attached hydrogens (tertiary/aromatic N) is 2. The fraction of sp³-hybridized carbons (Fsp3) is 0.286. The van der Waals surface area contributed by atoms with Crippen molar-refractivity contribution in [3.8, 4) is 17.1 Å². The number of hydrogen-bond acceptors (Lipinski definition) is 3. The number of benzene rings is 1. The molecule has 0 fully saturated rings. The zero-order chi connectivity index (χ0) is 13.2. The zero-order valence-corrected chi connectivity index (χ0v) is 12.3. The van der Waals surface area contributed by atoms with Gasteiger partial charge in [0.25, 0.3) is 0 Å². The Morgan fingerprint density at radius 3 is 2.22 bits per heavy atom. The summed E-state index contributed by atoms with van der Waals surface area (Å²) in [5, 5.41) is 1.18. The van der Waals surface area contributed by atoms with Gasteiger partial charge in [-0.15, -0.1) is 0 Å². The Morgan fingerprint density at radius 1 is 1.00 bits per heavy atom. The van der Waals surface area contributed by atoms with E-state index in [-0.39, 0.29) is 0 Å². The van der Waals surface area contributed by atoms with Crippen LogP contribution in [0.15, 0.2) is 36.5 Å². The lowest BCUT2D eigenvalue weighted by atomic mass is 10.2. The number of hydrogen-bond donors (Lipinski definition) is 0. The summed E-state index contributed by atoms with van der Waals surface area (Å²) in [4.78, 5) is 9.03. The third kappa shape index (κ3) is 2.76. The molecule has 0 N–H and O–H groups in total. The fourth-order valence-corrected chi connectivity index (χ4v) is 2.67. The molecule has 2 rings (SSSR count). The average Bonchev–Trinajstić information content (AvgIpc) is 2.38. The predicted octanol–water partition coefficient (Wildman–Crippen LogP) is 2.70. The standard InChI is InChI=1S/C14H18N2OSi/c1-17-12-7-5-11(6-8-12)14-15-10-9-13(16-14)18(2,3)4/h5-10H,1-4H3. The lowest BCUT2D eigenvalue weighted by Crippen LogP contribution is -2.40. The predicted molar refractivity (Wildman–Crippen MR) is 77.0 cm³/mol. The summed E-state index contributed by atoms with van der Waals surface area (Å²) in [5.41, 5.74) is 1.02. The molecule has 0 radical (unpaired) electrons. The maximum absolute atomic E-state index is 5.15. The van der Waals surface area contributed by atoms with Crippen molar-refractivity contribution < 1.29 is 4.74 Å². The highest BCUT2D eigenvalue weighted by atomic mass is 28.3. The van der Waals surface area contributed by atoms with Crippen molar-refractivity contribution in [3.63, 3.8) is 0 Å². The van der Waals surface area contributed by atoms with Crippen LogP contribution in [-0.2, 0) is 0 Å². The monoisotopic (exact) mass is 258 g/mol. The molecule has 0 aliphatic rings. The number of aromatic nitrogens is 2. The van der Waals surface area contributed by atoms with E-state index in [4.69, 9.17) is 4.74 Å². The molecule has 18 heavy (non-hydrogen) atoms. The average molecular weight is 258 g/mol. The van der Waals surface area contributed by atoms with E-state index in [1.165, 1.54) is 5.32 Å². The Labute approximate surface area is 109 Å². The molecular weight excluding hydrogens is 240 g/mol. The van der Waals surface area contributed by atoms with Crippen LogP contribution in [0.5, 0.6) is 5.75 Å². The second-order valence-corrected chi connectivity index (χ2v) is 10.3. The highest BCUT2D eigenvalue weighted by Crippen LogP contribution is 2.18. The third-order valence-corrected chi connectivity index (χ3v) is 4.59. The lowest BCUT2D eigenvalue weighted by Gasteiger charge is -2.15. The highest BCUT2D eigenvalue weighted by molar-refractivity contribution is 6.88. The van der Waals surface area contributed by atoms with Gasteiger partial charge < -0.3 is 4.74 Å². The summed E-state index contributed by atoms with van der Waals surface area (Å²) in [6, 6.07) is 9.86. The molecule has 0 atom stereocenters. The Morgan fingerprint density at radius 2 is 1.67 bits per heavy atom. The number of ether oxygens (including phenoxy) is 1. The van der Waals surface area contributed by atoms with Crippen LogP contribution in [-0.4, -0.2) is 25.2 Å². The molecule has 0 aliphatic carbocycles. The van der Waals surface area contributed by atoms with E-state index in [1.807, 2.05) is 36.5 Å². The molecule has 3 nitrogen and oxygen atoms in total. The third-order valence-electron chi connectivity index (χ3n) is 2.77. The highest BCUT2D eigenvalue weighted by Gasteiger charge is 2.18. The van der Waals surface area contributed by atoms with Crippen LogP contribution in [0.1, 0.15) is 0 Å². The van der Waals surface area contributed by atoms with Gasteiger partial charge in [-0.2, -0.15) is 0 Å². The van der Waals surface area contributed by atoms with Crippen molar-refractivity contribution in [1.82, 2.24) is 9.97 Å². The minimum atomic E-state index is -1.39. The molecule has 0 unspecified atom stereocenters. The van der Waals surface area contributed by atoms with Crippen LogP contribution in [0.4, 0.5) is 0 Å². The van der Waals surface area contributed by atoms with Gasteiger partial charge in [-0.3, -0.25) is 0 Å². The largest absolute Gasteiger partial charge is 0.497 e. The first-order chi connectivity index (χ1) is 8.50. The summed E-state index contributed by atoms with van der Waals surface area (Å²) in [7, 11) is 0.273. The van der Waals surface area contributed by atoms with E-state index in [0.29, 0.717) is 0 Å². The van der Waals surface area contributed by atoms with Crippen molar-refractivity contribution in [2.45, 2.75) is 19.6 Å². The van der Waals surface area contributed by atoms with Crippen LogP contribution in [0.25, 0.3) is 11.4 Å². The van der Waals surface area contributed by atoms with Gasteiger partial charge in [-0.05, 0) is 30.3 Å². The lowest BCUT2D eigenvalue weighted by molar-refractivity contribution is 0.415. The molecule has 1 aromatic carbocycles. The molecule has 0 saturated carbocycles. The molecule has 0 amide bonds. The van der Waals surface area contributed by atoms with Crippen LogP contribution in [0, 0.1) is 0 Å². The smallest absolute Gasteiger partial charge is 0.158 e. The van der Waals surface area contributed by atoms with Crippen LogP contribution < -0.4 is 10.1 Å². The minimum Gasteiger partial charge on any atom is -0.497 e. The van der Waals surface area contributed by atoms with Crippen molar-refractivity contribution in [2.75, 3.05) is 7.11 Å². The summed E-state index contributed by atoms with van der Waals surface area (Å²) in [6.45, 7) is 6.85. The Bertz CT molecular complexity index is 532. The fourth-order valence-electron chi connectivity index (χ4n) is 1.66. The van der Waals surface area contributed by atoms with Gasteiger partial charge in [0.1, 0.15) is 13.8 Å². The zero-order valence-electron chi connectivity index (χ0n) is 11.3. The van der Waals surface area contributed by atoms with Gasteiger partial charge in [0.15, 0.2) is 5.82 Å². The summed E-state index contributed by atoms with van der Waals surface area (Å²) >= 11 is 0. The van der Waals surface area contributed by atoms with Gasteiger partial charge in [-0.1, -0.05) is 19.6 Å². The molecule has 0 saturated heterocycles. The Kier molecular flexibility index (Phi) is 3.47. The van der Waals surface area contributed by atoms with E-state index < -0.39 is 8.07 Å². The van der Waals surface area contributed by atoms with Gasteiger partial charge in [0, 0.05) is 17.1 Å². The molecule has 0 bridgehead atoms.